The predicted molar refractivity (Wildman–Crippen MR) is 136 cm³/mol. The summed E-state index contributed by atoms with van der Waals surface area (Å²) >= 11 is 3.14. The van der Waals surface area contributed by atoms with Gasteiger partial charge < -0.3 is 15.2 Å². The zero-order valence-corrected chi connectivity index (χ0v) is 22.1. The van der Waals surface area contributed by atoms with Crippen LogP contribution in [-0.2, 0) is 25.6 Å². The van der Waals surface area contributed by atoms with Gasteiger partial charge in [-0.25, -0.2) is 9.97 Å². The first-order valence-electron chi connectivity index (χ1n) is 11.4. The molecule has 0 amide bonds. The van der Waals surface area contributed by atoms with E-state index in [1.165, 1.54) is 35.8 Å². The lowest BCUT2D eigenvalue weighted by molar-refractivity contribution is 0.0636. The quantitative estimate of drug-likeness (QED) is 0.361. The highest BCUT2D eigenvalue weighted by Gasteiger charge is 2.37. The molecule has 1 fully saturated rings. The fourth-order valence-electron chi connectivity index (χ4n) is 4.62. The standard InChI is InChI=1S/C23H26N4O6S3/c1-12-15(22-14-4-6-34-19(14)3-5-32-22)9-20(35-12)21(29)16-10-25-11-26-23(16)27-13-7-17(28)18(8-13)33-36(30,31)24-2/h4,6,9-11,13,17-18,22,24,28H,3,5,7-8H2,1-2H3,(H,25,26,27)/t13-,17+,18-,22+/m1/s1. The summed E-state index contributed by atoms with van der Waals surface area (Å²) in [7, 11) is -2.70. The first-order chi connectivity index (χ1) is 17.3. The SMILES string of the molecule is CNS(=O)(=O)O[C@@H]1C[C@H](Nc2ncncc2C(=O)c2cc([C@H]3OCCc4sccc43)c(C)s2)C[C@@H]1O. The molecule has 0 bridgehead atoms. The Hall–Kier alpha value is -2.26. The normalized spacial score (nSPS) is 24.0. The van der Waals surface area contributed by atoms with Gasteiger partial charge in [0.05, 0.1) is 23.2 Å². The van der Waals surface area contributed by atoms with E-state index in [2.05, 4.69) is 31.5 Å². The van der Waals surface area contributed by atoms with E-state index in [-0.39, 0.29) is 30.8 Å². The minimum absolute atomic E-state index is 0.187. The minimum atomic E-state index is -3.94. The van der Waals surface area contributed by atoms with Crippen LogP contribution in [0.4, 0.5) is 5.82 Å². The van der Waals surface area contributed by atoms with Crippen molar-refractivity contribution in [1.82, 2.24) is 14.7 Å². The molecule has 5 rings (SSSR count). The highest BCUT2D eigenvalue weighted by Crippen LogP contribution is 2.40. The van der Waals surface area contributed by atoms with E-state index in [1.54, 1.807) is 11.3 Å². The number of aryl methyl sites for hydroxylation is 1. The van der Waals surface area contributed by atoms with Crippen molar-refractivity contribution >= 4 is 44.6 Å². The van der Waals surface area contributed by atoms with Crippen molar-refractivity contribution in [3.05, 3.63) is 61.4 Å². The van der Waals surface area contributed by atoms with E-state index in [9.17, 15) is 18.3 Å². The number of hydrogen-bond donors (Lipinski definition) is 3. The van der Waals surface area contributed by atoms with E-state index in [0.29, 0.717) is 22.9 Å². The van der Waals surface area contributed by atoms with Gasteiger partial charge >= 0.3 is 10.3 Å². The average molecular weight is 551 g/mol. The van der Waals surface area contributed by atoms with Crippen molar-refractivity contribution in [2.45, 2.75) is 50.5 Å². The van der Waals surface area contributed by atoms with Crippen LogP contribution in [0.5, 0.6) is 0 Å². The third kappa shape index (κ3) is 5.09. The molecule has 3 aromatic heterocycles. The molecule has 1 aliphatic heterocycles. The Morgan fingerprint density at radius 3 is 2.94 bits per heavy atom. The molecular weight excluding hydrogens is 524 g/mol. The number of nitrogens with zero attached hydrogens (tertiary/aromatic N) is 2. The van der Waals surface area contributed by atoms with Crippen LogP contribution in [0.3, 0.4) is 0 Å². The van der Waals surface area contributed by atoms with E-state index < -0.39 is 22.5 Å². The Morgan fingerprint density at radius 1 is 1.31 bits per heavy atom. The monoisotopic (exact) mass is 550 g/mol. The number of anilines is 1. The number of ether oxygens (including phenoxy) is 1. The fraction of sp³-hybridized carbons (Fsp3) is 0.435. The van der Waals surface area contributed by atoms with Crippen molar-refractivity contribution in [1.29, 1.82) is 0 Å². The van der Waals surface area contributed by atoms with Gasteiger partial charge in [0.2, 0.25) is 5.78 Å². The number of carbonyl (C=O) groups is 1. The number of rotatable bonds is 8. The summed E-state index contributed by atoms with van der Waals surface area (Å²) in [6, 6.07) is 3.64. The van der Waals surface area contributed by atoms with E-state index in [0.717, 1.165) is 22.4 Å². The van der Waals surface area contributed by atoms with Crippen LogP contribution in [0.2, 0.25) is 0 Å². The van der Waals surface area contributed by atoms with Gasteiger partial charge in [-0.15, -0.1) is 22.7 Å². The summed E-state index contributed by atoms with van der Waals surface area (Å²) < 4.78 is 36.6. The van der Waals surface area contributed by atoms with Crippen LogP contribution < -0.4 is 10.0 Å². The highest BCUT2D eigenvalue weighted by atomic mass is 32.2. The number of nitrogens with one attached hydrogen (secondary N) is 2. The molecular formula is C23H26N4O6S3. The second-order valence-corrected chi connectivity index (χ2v) is 12.5. The van der Waals surface area contributed by atoms with E-state index >= 15 is 0 Å². The number of hydrogen-bond acceptors (Lipinski definition) is 11. The summed E-state index contributed by atoms with van der Waals surface area (Å²) in [5.74, 6) is 0.105. The van der Waals surface area contributed by atoms with Gasteiger partial charge in [-0.1, -0.05) is 0 Å². The molecule has 192 valence electrons. The van der Waals surface area contributed by atoms with Crippen molar-refractivity contribution < 1.29 is 27.2 Å². The molecule has 0 unspecified atom stereocenters. The summed E-state index contributed by atoms with van der Waals surface area (Å²) in [6.45, 7) is 2.63. The third-order valence-electron chi connectivity index (χ3n) is 6.41. The Kier molecular flexibility index (Phi) is 7.23. The van der Waals surface area contributed by atoms with Crippen LogP contribution in [0.15, 0.2) is 30.0 Å². The fourth-order valence-corrected chi connectivity index (χ4v) is 7.14. The van der Waals surface area contributed by atoms with Crippen LogP contribution in [-0.4, -0.2) is 61.2 Å². The molecule has 36 heavy (non-hydrogen) atoms. The molecule has 3 N–H and O–H groups in total. The lowest BCUT2D eigenvalue weighted by Crippen LogP contribution is -2.31. The largest absolute Gasteiger partial charge is 0.390 e. The maximum Gasteiger partial charge on any atom is 0.335 e. The van der Waals surface area contributed by atoms with Crippen molar-refractivity contribution in [2.24, 2.45) is 0 Å². The maximum atomic E-state index is 13.5. The number of thiophene rings is 2. The van der Waals surface area contributed by atoms with Crippen LogP contribution in [0, 0.1) is 6.92 Å². The van der Waals surface area contributed by atoms with Crippen molar-refractivity contribution in [3.8, 4) is 0 Å². The van der Waals surface area contributed by atoms with E-state index in [1.807, 2.05) is 13.0 Å². The van der Waals surface area contributed by atoms with Crippen molar-refractivity contribution in [2.75, 3.05) is 19.0 Å². The number of aromatic nitrogens is 2. The maximum absolute atomic E-state index is 13.5. The molecule has 1 saturated carbocycles. The zero-order valence-electron chi connectivity index (χ0n) is 19.6. The van der Waals surface area contributed by atoms with Gasteiger partial charge in [0, 0.05) is 35.5 Å². The summed E-state index contributed by atoms with van der Waals surface area (Å²) in [5, 5.41) is 15.5. The molecule has 0 radical (unpaired) electrons. The molecule has 3 aromatic rings. The molecule has 4 atom stereocenters. The number of aliphatic hydroxyl groups excluding tert-OH is 1. The summed E-state index contributed by atoms with van der Waals surface area (Å²) in [4.78, 5) is 24.7. The Bertz CT molecular complexity index is 1370. The Labute approximate surface area is 217 Å². The Morgan fingerprint density at radius 2 is 2.14 bits per heavy atom. The first-order valence-corrected chi connectivity index (χ1v) is 14.6. The van der Waals surface area contributed by atoms with E-state index in [4.69, 9.17) is 8.92 Å². The lowest BCUT2D eigenvalue weighted by atomic mass is 9.99. The van der Waals surface area contributed by atoms with Gasteiger partial charge in [0.1, 0.15) is 24.4 Å². The number of aliphatic hydroxyl groups is 1. The van der Waals surface area contributed by atoms with Gasteiger partial charge in [-0.3, -0.25) is 8.98 Å². The molecule has 0 aromatic carbocycles. The van der Waals surface area contributed by atoms with Gasteiger partial charge in [-0.05, 0) is 48.4 Å². The number of ketones is 1. The number of fused-ring (bicyclic) bond motifs is 1. The van der Waals surface area contributed by atoms with Crippen molar-refractivity contribution in [3.63, 3.8) is 0 Å². The van der Waals surface area contributed by atoms with Gasteiger partial charge in [0.25, 0.3) is 0 Å². The third-order valence-corrected chi connectivity index (χ3v) is 9.47. The van der Waals surface area contributed by atoms with Gasteiger partial charge in [-0.2, -0.15) is 13.1 Å². The molecule has 1 aliphatic carbocycles. The zero-order chi connectivity index (χ0) is 25.4. The first kappa shape index (κ1) is 25.4. The molecule has 0 saturated heterocycles. The lowest BCUT2D eigenvalue weighted by Gasteiger charge is -2.23. The molecule has 10 nitrogen and oxygen atoms in total. The highest BCUT2D eigenvalue weighted by molar-refractivity contribution is 7.84. The smallest absolute Gasteiger partial charge is 0.335 e. The number of carbonyl (C=O) groups excluding carboxylic acids is 1. The van der Waals surface area contributed by atoms with Crippen LogP contribution >= 0.6 is 22.7 Å². The molecule has 2 aliphatic rings. The molecule has 13 heteroatoms. The second kappa shape index (κ2) is 10.2. The average Bonchev–Trinajstić information content (AvgIpc) is 3.57. The Balaban J connectivity index is 1.35. The van der Waals surface area contributed by atoms with Crippen LogP contribution in [0.25, 0.3) is 0 Å². The van der Waals surface area contributed by atoms with Gasteiger partial charge in [0.15, 0.2) is 0 Å². The summed E-state index contributed by atoms with van der Waals surface area (Å²) in [5.41, 5.74) is 2.44. The minimum Gasteiger partial charge on any atom is -0.390 e. The second-order valence-electron chi connectivity index (χ2n) is 8.71. The molecule has 4 heterocycles. The van der Waals surface area contributed by atoms with Crippen LogP contribution in [0.1, 0.15) is 55.1 Å². The summed E-state index contributed by atoms with van der Waals surface area (Å²) in [6.07, 6.45) is 2.10. The molecule has 0 spiro atoms. The topological polar surface area (TPSA) is 140 Å². The predicted octanol–water partition coefficient (Wildman–Crippen LogP) is 2.59.